The van der Waals surface area contributed by atoms with E-state index in [1.54, 1.807) is 0 Å². The van der Waals surface area contributed by atoms with Crippen LogP contribution in [0.1, 0.15) is 90.5 Å². The highest BCUT2D eigenvalue weighted by molar-refractivity contribution is 6.68. The first kappa shape index (κ1) is 19.7. The quantitative estimate of drug-likeness (QED) is 0.608. The highest BCUT2D eigenvalue weighted by atomic mass is 16.7. The van der Waals surface area contributed by atoms with Gasteiger partial charge in [0.2, 0.25) is 0 Å². The minimum absolute atomic E-state index is 0.184. The van der Waals surface area contributed by atoms with Crippen LogP contribution in [0, 0.1) is 6.92 Å². The SMILES string of the molecule is C=C(B1OC(C)(C)C(C)(C)O1)c1cc2c(cc1C)C(C)(C)CCC2(C)C. The van der Waals surface area contributed by atoms with Crippen molar-refractivity contribution < 1.29 is 9.31 Å². The summed E-state index contributed by atoms with van der Waals surface area (Å²) in [7, 11) is -0.392. The van der Waals surface area contributed by atoms with Gasteiger partial charge in [-0.3, -0.25) is 0 Å². The van der Waals surface area contributed by atoms with E-state index in [0.717, 1.165) is 5.47 Å². The summed E-state index contributed by atoms with van der Waals surface area (Å²) in [5.41, 5.74) is 6.02. The summed E-state index contributed by atoms with van der Waals surface area (Å²) in [6, 6.07) is 4.74. The molecule has 1 aromatic rings. The second-order valence-corrected chi connectivity index (χ2v) is 10.6. The Morgan fingerprint density at radius 2 is 1.27 bits per heavy atom. The van der Waals surface area contributed by atoms with Crippen molar-refractivity contribution >= 4 is 12.6 Å². The van der Waals surface area contributed by atoms with Crippen LogP contribution in [-0.2, 0) is 20.1 Å². The van der Waals surface area contributed by atoms with Crippen molar-refractivity contribution in [3.63, 3.8) is 0 Å². The van der Waals surface area contributed by atoms with Gasteiger partial charge >= 0.3 is 7.12 Å². The van der Waals surface area contributed by atoms with Crippen molar-refractivity contribution in [2.45, 2.75) is 97.2 Å². The summed E-state index contributed by atoms with van der Waals surface area (Å²) >= 11 is 0. The van der Waals surface area contributed by atoms with E-state index in [9.17, 15) is 0 Å². The lowest BCUT2D eigenvalue weighted by molar-refractivity contribution is 0.00578. The van der Waals surface area contributed by atoms with Gasteiger partial charge in [0, 0.05) is 0 Å². The standard InChI is InChI=1S/C23H35BO2/c1-15-13-18-19(21(5,6)12-11-20(18,3)4)14-17(15)16(2)24-25-22(7,8)23(9,10)26-24/h13-14H,2,11-12H2,1,3-10H3. The molecule has 0 aromatic heterocycles. The van der Waals surface area contributed by atoms with Crippen molar-refractivity contribution in [1.82, 2.24) is 0 Å². The number of fused-ring (bicyclic) bond motifs is 1. The fourth-order valence-electron chi connectivity index (χ4n) is 4.18. The molecule has 0 bridgehead atoms. The third-order valence-corrected chi connectivity index (χ3v) is 7.08. The van der Waals surface area contributed by atoms with Crippen LogP contribution < -0.4 is 0 Å². The summed E-state index contributed by atoms with van der Waals surface area (Å²) < 4.78 is 12.5. The number of aryl methyl sites for hydroxylation is 1. The van der Waals surface area contributed by atoms with E-state index < -0.39 is 7.12 Å². The van der Waals surface area contributed by atoms with Gasteiger partial charge in [-0.15, -0.1) is 0 Å². The van der Waals surface area contributed by atoms with Crippen molar-refractivity contribution in [3.05, 3.63) is 41.0 Å². The van der Waals surface area contributed by atoms with Crippen LogP contribution in [-0.4, -0.2) is 18.3 Å². The molecule has 1 aromatic carbocycles. The summed E-state index contributed by atoms with van der Waals surface area (Å²) in [6.07, 6.45) is 2.43. The third kappa shape index (κ3) is 2.97. The van der Waals surface area contributed by atoms with Crippen molar-refractivity contribution in [2.75, 3.05) is 0 Å². The van der Waals surface area contributed by atoms with Gasteiger partial charge in [-0.05, 0) is 86.0 Å². The summed E-state index contributed by atoms with van der Waals surface area (Å²) in [5, 5.41) is 0. The maximum absolute atomic E-state index is 6.25. The molecule has 26 heavy (non-hydrogen) atoms. The molecule has 0 spiro atoms. The fourth-order valence-corrected chi connectivity index (χ4v) is 4.18. The van der Waals surface area contributed by atoms with Gasteiger partial charge in [0.25, 0.3) is 0 Å². The van der Waals surface area contributed by atoms with Crippen molar-refractivity contribution in [3.8, 4) is 0 Å². The van der Waals surface area contributed by atoms with E-state index in [1.165, 1.54) is 35.1 Å². The van der Waals surface area contributed by atoms with Crippen LogP contribution in [0.2, 0.25) is 0 Å². The van der Waals surface area contributed by atoms with Crippen LogP contribution in [0.5, 0.6) is 0 Å². The molecule has 1 heterocycles. The molecule has 1 aliphatic carbocycles. The molecule has 2 nitrogen and oxygen atoms in total. The van der Waals surface area contributed by atoms with E-state index in [-0.39, 0.29) is 22.0 Å². The number of benzene rings is 1. The topological polar surface area (TPSA) is 18.5 Å². The average Bonchev–Trinajstić information content (AvgIpc) is 2.71. The smallest absolute Gasteiger partial charge is 0.399 e. The Hall–Kier alpha value is -1.06. The Kier molecular flexibility index (Phi) is 4.33. The first-order valence-corrected chi connectivity index (χ1v) is 9.88. The first-order chi connectivity index (χ1) is 11.7. The molecular weight excluding hydrogens is 319 g/mol. The maximum Gasteiger partial charge on any atom is 0.494 e. The summed E-state index contributed by atoms with van der Waals surface area (Å²) in [4.78, 5) is 0. The maximum atomic E-state index is 6.25. The number of hydrogen-bond acceptors (Lipinski definition) is 2. The largest absolute Gasteiger partial charge is 0.494 e. The number of hydrogen-bond donors (Lipinski definition) is 0. The van der Waals surface area contributed by atoms with E-state index in [0.29, 0.717) is 0 Å². The minimum Gasteiger partial charge on any atom is -0.399 e. The Balaban J connectivity index is 2.04. The van der Waals surface area contributed by atoms with Crippen LogP contribution in [0.15, 0.2) is 18.7 Å². The van der Waals surface area contributed by atoms with Gasteiger partial charge in [0.15, 0.2) is 0 Å². The molecule has 142 valence electrons. The lowest BCUT2D eigenvalue weighted by Gasteiger charge is -2.42. The van der Waals surface area contributed by atoms with Crippen molar-refractivity contribution in [1.29, 1.82) is 0 Å². The van der Waals surface area contributed by atoms with Crippen molar-refractivity contribution in [2.24, 2.45) is 0 Å². The molecule has 1 fully saturated rings. The Morgan fingerprint density at radius 1 is 0.846 bits per heavy atom. The van der Waals surface area contributed by atoms with Crippen LogP contribution >= 0.6 is 0 Å². The molecule has 1 aliphatic heterocycles. The van der Waals surface area contributed by atoms with Crippen LogP contribution in [0.25, 0.3) is 5.47 Å². The third-order valence-electron chi connectivity index (χ3n) is 7.08. The minimum atomic E-state index is -0.392. The molecule has 3 rings (SSSR count). The second-order valence-electron chi connectivity index (χ2n) is 10.6. The normalized spacial score (nSPS) is 25.0. The van der Waals surface area contributed by atoms with E-state index in [4.69, 9.17) is 9.31 Å². The molecule has 2 aliphatic rings. The molecule has 0 N–H and O–H groups in total. The van der Waals surface area contributed by atoms with Crippen LogP contribution in [0.3, 0.4) is 0 Å². The molecule has 1 saturated heterocycles. The molecule has 0 atom stereocenters. The van der Waals surface area contributed by atoms with E-state index in [2.05, 4.69) is 81.0 Å². The van der Waals surface area contributed by atoms with Gasteiger partial charge in [-0.2, -0.15) is 0 Å². The molecule has 0 amide bonds. The Labute approximate surface area is 160 Å². The van der Waals surface area contributed by atoms with E-state index in [1.807, 2.05) is 0 Å². The predicted octanol–water partition coefficient (Wildman–Crippen LogP) is 5.99. The van der Waals surface area contributed by atoms with Gasteiger partial charge in [0.05, 0.1) is 11.2 Å². The van der Waals surface area contributed by atoms with Gasteiger partial charge in [0.1, 0.15) is 0 Å². The molecule has 0 unspecified atom stereocenters. The monoisotopic (exact) mass is 354 g/mol. The molecule has 3 heteroatoms. The first-order valence-electron chi connectivity index (χ1n) is 9.88. The van der Waals surface area contributed by atoms with Gasteiger partial charge < -0.3 is 9.31 Å². The lowest BCUT2D eigenvalue weighted by Crippen LogP contribution is -2.41. The Morgan fingerprint density at radius 3 is 1.73 bits per heavy atom. The average molecular weight is 354 g/mol. The second kappa shape index (κ2) is 5.72. The molecule has 0 radical (unpaired) electrons. The highest BCUT2D eigenvalue weighted by Gasteiger charge is 2.52. The van der Waals surface area contributed by atoms with E-state index >= 15 is 0 Å². The molecular formula is C23H35BO2. The predicted molar refractivity (Wildman–Crippen MR) is 112 cm³/mol. The van der Waals surface area contributed by atoms with Gasteiger partial charge in [-0.1, -0.05) is 46.4 Å². The Bertz CT molecular complexity index is 740. The highest BCUT2D eigenvalue weighted by Crippen LogP contribution is 2.48. The van der Waals surface area contributed by atoms with Crippen LogP contribution in [0.4, 0.5) is 0 Å². The summed E-state index contributed by atoms with van der Waals surface area (Å²) in [5.74, 6) is 0. The molecule has 0 saturated carbocycles. The fraction of sp³-hybridized carbons (Fsp3) is 0.652. The zero-order valence-electron chi connectivity index (χ0n) is 18.2. The number of rotatable bonds is 2. The summed E-state index contributed by atoms with van der Waals surface area (Å²) in [6.45, 7) is 24.4. The van der Waals surface area contributed by atoms with Gasteiger partial charge in [-0.25, -0.2) is 0 Å². The zero-order chi connectivity index (χ0) is 19.7. The zero-order valence-corrected chi connectivity index (χ0v) is 18.2. The lowest BCUT2D eigenvalue weighted by atomic mass is 9.61.